The molecule has 2 aromatic rings. The second-order valence-electron chi connectivity index (χ2n) is 5.72. The Morgan fingerprint density at radius 1 is 1.50 bits per heavy atom. The molecule has 1 unspecified atom stereocenters. The highest BCUT2D eigenvalue weighted by Gasteiger charge is 2.24. The summed E-state index contributed by atoms with van der Waals surface area (Å²) >= 11 is 5.97. The van der Waals surface area contributed by atoms with E-state index in [1.165, 1.54) is 0 Å². The Morgan fingerprint density at radius 3 is 2.82 bits per heavy atom. The highest BCUT2D eigenvalue weighted by Crippen LogP contribution is 2.37. The molecule has 0 amide bonds. The van der Waals surface area contributed by atoms with Gasteiger partial charge in [-0.3, -0.25) is 4.57 Å². The van der Waals surface area contributed by atoms with Gasteiger partial charge in [-0.1, -0.05) is 25.4 Å². The SMILES string of the molecule is CC(C)(COOP(C)(=O)O)Cn1cnc2c(Cl)nc(N)nc21. The van der Waals surface area contributed by atoms with Gasteiger partial charge in [-0.2, -0.15) is 9.97 Å². The topological polar surface area (TPSA) is 125 Å². The van der Waals surface area contributed by atoms with Crippen molar-refractivity contribution in [2.24, 2.45) is 5.41 Å². The van der Waals surface area contributed by atoms with E-state index in [9.17, 15) is 4.57 Å². The molecular formula is C11H17ClN5O4P. The first-order chi connectivity index (χ1) is 10.1. The second-order valence-corrected chi connectivity index (χ2v) is 7.83. The predicted octanol–water partition coefficient (Wildman–Crippen LogP) is 1.85. The predicted molar refractivity (Wildman–Crippen MR) is 81.3 cm³/mol. The molecule has 0 saturated carbocycles. The molecule has 0 aliphatic carbocycles. The molecule has 0 fully saturated rings. The lowest BCUT2D eigenvalue weighted by molar-refractivity contribution is -0.232. The molecule has 2 aromatic heterocycles. The van der Waals surface area contributed by atoms with Crippen LogP contribution in [0.15, 0.2) is 6.33 Å². The van der Waals surface area contributed by atoms with Crippen molar-refractivity contribution in [3.63, 3.8) is 0 Å². The fourth-order valence-corrected chi connectivity index (χ4v) is 2.30. The smallest absolute Gasteiger partial charge is 0.352 e. The third-order valence-corrected chi connectivity index (χ3v) is 3.32. The van der Waals surface area contributed by atoms with Crippen molar-refractivity contribution in [1.29, 1.82) is 0 Å². The summed E-state index contributed by atoms with van der Waals surface area (Å²) in [4.78, 5) is 26.0. The van der Waals surface area contributed by atoms with Crippen molar-refractivity contribution < 1.29 is 19.0 Å². The van der Waals surface area contributed by atoms with Crippen molar-refractivity contribution in [2.75, 3.05) is 19.0 Å². The Bertz CT molecular complexity index is 729. The summed E-state index contributed by atoms with van der Waals surface area (Å²) in [5.74, 6) is 0.0591. The zero-order valence-electron chi connectivity index (χ0n) is 12.4. The summed E-state index contributed by atoms with van der Waals surface area (Å²) in [5, 5.41) is 0.186. The Labute approximate surface area is 131 Å². The Balaban J connectivity index is 2.14. The summed E-state index contributed by atoms with van der Waals surface area (Å²) in [6.45, 7) is 5.39. The minimum atomic E-state index is -3.67. The maximum atomic E-state index is 11.0. The summed E-state index contributed by atoms with van der Waals surface area (Å²) in [7, 11) is -3.67. The number of rotatable bonds is 6. The van der Waals surface area contributed by atoms with E-state index < -0.39 is 13.0 Å². The van der Waals surface area contributed by atoms with E-state index in [1.807, 2.05) is 13.8 Å². The number of hydrogen-bond acceptors (Lipinski definition) is 7. The first-order valence-corrected chi connectivity index (χ1v) is 8.73. The number of nitrogens with zero attached hydrogens (tertiary/aromatic N) is 4. The summed E-state index contributed by atoms with van der Waals surface area (Å²) in [6.07, 6.45) is 1.57. The van der Waals surface area contributed by atoms with Crippen LogP contribution in [0.2, 0.25) is 5.15 Å². The number of hydrogen-bond donors (Lipinski definition) is 2. The maximum absolute atomic E-state index is 11.0. The highest BCUT2D eigenvalue weighted by atomic mass is 35.5. The van der Waals surface area contributed by atoms with Crippen LogP contribution < -0.4 is 5.73 Å². The van der Waals surface area contributed by atoms with E-state index >= 15 is 0 Å². The minimum absolute atomic E-state index is 0.0591. The third-order valence-electron chi connectivity index (χ3n) is 2.68. The summed E-state index contributed by atoms with van der Waals surface area (Å²) in [5.41, 5.74) is 6.14. The van der Waals surface area contributed by atoms with Gasteiger partial charge in [-0.05, 0) is 0 Å². The van der Waals surface area contributed by atoms with E-state index in [1.54, 1.807) is 10.9 Å². The largest absolute Gasteiger partial charge is 0.368 e. The molecule has 2 heterocycles. The highest BCUT2D eigenvalue weighted by molar-refractivity contribution is 7.51. The van der Waals surface area contributed by atoms with Gasteiger partial charge in [0.2, 0.25) is 5.95 Å². The lowest BCUT2D eigenvalue weighted by Crippen LogP contribution is -2.25. The number of anilines is 1. The van der Waals surface area contributed by atoms with Crippen molar-refractivity contribution in [2.45, 2.75) is 20.4 Å². The van der Waals surface area contributed by atoms with Gasteiger partial charge in [-0.25, -0.2) is 9.87 Å². The van der Waals surface area contributed by atoms with Crippen molar-refractivity contribution in [3.05, 3.63) is 11.5 Å². The van der Waals surface area contributed by atoms with Crippen molar-refractivity contribution >= 4 is 36.3 Å². The second kappa shape index (κ2) is 6.10. The van der Waals surface area contributed by atoms with E-state index in [2.05, 4.69) is 19.6 Å². The lowest BCUT2D eigenvalue weighted by atomic mass is 9.95. The molecule has 11 heteroatoms. The van der Waals surface area contributed by atoms with E-state index in [0.29, 0.717) is 17.7 Å². The lowest BCUT2D eigenvalue weighted by Gasteiger charge is -2.24. The molecule has 122 valence electrons. The van der Waals surface area contributed by atoms with Gasteiger partial charge < -0.3 is 15.2 Å². The number of halogens is 1. The van der Waals surface area contributed by atoms with Crippen LogP contribution in [0, 0.1) is 5.41 Å². The Hall–Kier alpha value is -1.25. The average Bonchev–Trinajstić information content (AvgIpc) is 2.69. The van der Waals surface area contributed by atoms with Gasteiger partial charge in [0.15, 0.2) is 10.8 Å². The Kier molecular flexibility index (Phi) is 4.74. The summed E-state index contributed by atoms with van der Waals surface area (Å²) in [6, 6.07) is 0. The molecule has 22 heavy (non-hydrogen) atoms. The van der Waals surface area contributed by atoms with Crippen LogP contribution in [0.1, 0.15) is 13.8 Å². The van der Waals surface area contributed by atoms with Gasteiger partial charge in [0, 0.05) is 18.6 Å². The van der Waals surface area contributed by atoms with Gasteiger partial charge >= 0.3 is 7.60 Å². The van der Waals surface area contributed by atoms with E-state index in [-0.39, 0.29) is 17.7 Å². The van der Waals surface area contributed by atoms with Crippen LogP contribution in [0.25, 0.3) is 11.2 Å². The molecule has 9 nitrogen and oxygen atoms in total. The van der Waals surface area contributed by atoms with Crippen LogP contribution in [-0.4, -0.2) is 37.7 Å². The van der Waals surface area contributed by atoms with Crippen molar-refractivity contribution in [3.8, 4) is 0 Å². The summed E-state index contributed by atoms with van der Waals surface area (Å²) < 4.78 is 17.2. The fraction of sp³-hybridized carbons (Fsp3) is 0.545. The quantitative estimate of drug-likeness (QED) is 0.350. The molecule has 0 spiro atoms. The standard InChI is InChI=1S/C11H17ClN5O4P/c1-11(2,5-20-21-22(3,18)19)4-17-6-14-7-8(12)15-10(13)16-9(7)17/h6H,4-5H2,1-3H3,(H,18,19)(H2,13,15,16). The minimum Gasteiger partial charge on any atom is -0.368 e. The molecule has 0 aliphatic heterocycles. The number of imidazole rings is 1. The normalized spacial score (nSPS) is 15.1. The number of aromatic nitrogens is 4. The van der Waals surface area contributed by atoms with Gasteiger partial charge in [-0.15, -0.1) is 4.67 Å². The van der Waals surface area contributed by atoms with E-state index in [4.69, 9.17) is 27.1 Å². The average molecular weight is 350 g/mol. The van der Waals surface area contributed by atoms with Crippen molar-refractivity contribution in [1.82, 2.24) is 19.5 Å². The van der Waals surface area contributed by atoms with Crippen LogP contribution in [0.4, 0.5) is 5.95 Å². The number of nitrogens with two attached hydrogens (primary N) is 1. The molecule has 0 aliphatic rings. The molecular weight excluding hydrogens is 333 g/mol. The molecule has 0 aromatic carbocycles. The molecule has 0 radical (unpaired) electrons. The monoisotopic (exact) mass is 349 g/mol. The zero-order chi connectivity index (χ0) is 16.5. The molecule has 3 N–H and O–H groups in total. The Morgan fingerprint density at radius 2 is 2.18 bits per heavy atom. The van der Waals surface area contributed by atoms with E-state index in [0.717, 1.165) is 6.66 Å². The van der Waals surface area contributed by atoms with Gasteiger partial charge in [0.1, 0.15) is 5.52 Å². The van der Waals surface area contributed by atoms with Crippen LogP contribution in [-0.2, 0) is 20.7 Å². The van der Waals surface area contributed by atoms with Gasteiger partial charge in [0.05, 0.1) is 12.9 Å². The molecule has 2 rings (SSSR count). The van der Waals surface area contributed by atoms with Crippen LogP contribution in [0.5, 0.6) is 0 Å². The number of fused-ring (bicyclic) bond motifs is 1. The molecule has 0 saturated heterocycles. The first kappa shape index (κ1) is 17.1. The maximum Gasteiger partial charge on any atom is 0.352 e. The third kappa shape index (κ3) is 4.37. The fourth-order valence-electron chi connectivity index (χ4n) is 1.83. The van der Waals surface area contributed by atoms with Crippen LogP contribution >= 0.6 is 19.2 Å². The van der Waals surface area contributed by atoms with Gasteiger partial charge in [0.25, 0.3) is 0 Å². The zero-order valence-corrected chi connectivity index (χ0v) is 14.0. The molecule has 0 bridgehead atoms. The number of nitrogen functional groups attached to an aromatic ring is 1. The van der Waals surface area contributed by atoms with Crippen LogP contribution in [0.3, 0.4) is 0 Å². The molecule has 1 atom stereocenters. The first-order valence-electron chi connectivity index (χ1n) is 6.33.